The van der Waals surface area contributed by atoms with Gasteiger partial charge in [0, 0.05) is 24.5 Å². The molecule has 0 unspecified atom stereocenters. The number of aromatic nitrogens is 2. The highest BCUT2D eigenvalue weighted by Crippen LogP contribution is 2.33. The zero-order valence-electron chi connectivity index (χ0n) is 16.8. The number of phenolic OH excluding ortho intramolecular Hbond substituents is 1. The summed E-state index contributed by atoms with van der Waals surface area (Å²) in [6.45, 7) is 9.80. The summed E-state index contributed by atoms with van der Waals surface area (Å²) in [5.74, 6) is 0.568. The minimum Gasteiger partial charge on any atom is -0.507 e. The molecule has 0 aliphatic carbocycles. The fourth-order valence-electron chi connectivity index (χ4n) is 3.66. The Balaban J connectivity index is 1.62. The SMILES string of the molecule is C=C(CC)c1n[nH]c2cc(O)c(C(=O)N3Cc4ccc(OCCC)cc4C3)cc12. The van der Waals surface area contributed by atoms with Crippen molar-refractivity contribution in [2.75, 3.05) is 6.61 Å². The quantitative estimate of drug-likeness (QED) is 0.642. The Kier molecular flexibility index (Phi) is 5.01. The lowest BCUT2D eigenvalue weighted by Crippen LogP contribution is -2.25. The number of hydrogen-bond acceptors (Lipinski definition) is 4. The number of fused-ring (bicyclic) bond motifs is 2. The van der Waals surface area contributed by atoms with Crippen molar-refractivity contribution in [2.45, 2.75) is 39.8 Å². The molecule has 0 spiro atoms. The van der Waals surface area contributed by atoms with E-state index in [1.165, 1.54) is 0 Å². The van der Waals surface area contributed by atoms with Crippen molar-refractivity contribution in [3.05, 3.63) is 59.3 Å². The van der Waals surface area contributed by atoms with Crippen LogP contribution in [0.25, 0.3) is 16.5 Å². The number of aromatic hydroxyl groups is 1. The van der Waals surface area contributed by atoms with Crippen molar-refractivity contribution in [1.82, 2.24) is 15.1 Å². The molecule has 2 N–H and O–H groups in total. The van der Waals surface area contributed by atoms with E-state index >= 15 is 0 Å². The van der Waals surface area contributed by atoms with Crippen LogP contribution in [0.15, 0.2) is 36.9 Å². The van der Waals surface area contributed by atoms with Crippen molar-refractivity contribution in [2.24, 2.45) is 0 Å². The van der Waals surface area contributed by atoms with E-state index in [2.05, 4.69) is 23.7 Å². The zero-order chi connectivity index (χ0) is 20.5. The molecule has 0 bridgehead atoms. The van der Waals surface area contributed by atoms with Crippen LogP contribution in [0.3, 0.4) is 0 Å². The lowest BCUT2D eigenvalue weighted by Gasteiger charge is -2.16. The van der Waals surface area contributed by atoms with Crippen LogP contribution >= 0.6 is 0 Å². The van der Waals surface area contributed by atoms with E-state index in [1.807, 2.05) is 25.1 Å². The molecule has 0 fully saturated rings. The molecule has 1 aliphatic heterocycles. The van der Waals surface area contributed by atoms with E-state index in [0.29, 0.717) is 25.2 Å². The zero-order valence-corrected chi connectivity index (χ0v) is 16.8. The number of nitrogens with zero attached hydrogens (tertiary/aromatic N) is 2. The molecular weight excluding hydrogens is 366 g/mol. The third-order valence-electron chi connectivity index (χ3n) is 5.33. The van der Waals surface area contributed by atoms with Gasteiger partial charge < -0.3 is 14.7 Å². The molecule has 3 aromatic rings. The first-order valence-corrected chi connectivity index (χ1v) is 9.94. The summed E-state index contributed by atoms with van der Waals surface area (Å²) in [6.07, 6.45) is 1.71. The molecule has 1 amide bonds. The maximum Gasteiger partial charge on any atom is 0.258 e. The molecule has 6 heteroatoms. The average Bonchev–Trinajstić information content (AvgIpc) is 3.33. The minimum absolute atomic E-state index is 0.0530. The topological polar surface area (TPSA) is 78.4 Å². The van der Waals surface area contributed by atoms with Gasteiger partial charge in [-0.2, -0.15) is 5.10 Å². The highest BCUT2D eigenvalue weighted by molar-refractivity contribution is 6.03. The number of allylic oxidation sites excluding steroid dienone is 1. The summed E-state index contributed by atoms with van der Waals surface area (Å²) in [4.78, 5) is 14.9. The van der Waals surface area contributed by atoms with E-state index in [9.17, 15) is 9.90 Å². The van der Waals surface area contributed by atoms with Crippen LogP contribution in [0.5, 0.6) is 11.5 Å². The predicted molar refractivity (Wildman–Crippen MR) is 113 cm³/mol. The van der Waals surface area contributed by atoms with Crippen LogP contribution in [-0.2, 0) is 13.1 Å². The van der Waals surface area contributed by atoms with Crippen molar-refractivity contribution in [3.63, 3.8) is 0 Å². The van der Waals surface area contributed by atoms with E-state index in [-0.39, 0.29) is 17.2 Å². The van der Waals surface area contributed by atoms with Gasteiger partial charge in [-0.05, 0) is 47.7 Å². The maximum absolute atomic E-state index is 13.2. The first kappa shape index (κ1) is 19.1. The fourth-order valence-corrected chi connectivity index (χ4v) is 3.66. The van der Waals surface area contributed by atoms with E-state index in [4.69, 9.17) is 4.74 Å². The number of amides is 1. The number of nitrogens with one attached hydrogen (secondary N) is 1. The van der Waals surface area contributed by atoms with Crippen LogP contribution in [0.4, 0.5) is 0 Å². The van der Waals surface area contributed by atoms with Crippen molar-refractivity contribution < 1.29 is 14.6 Å². The lowest BCUT2D eigenvalue weighted by molar-refractivity contribution is 0.0748. The van der Waals surface area contributed by atoms with Gasteiger partial charge in [0.15, 0.2) is 0 Å². The Morgan fingerprint density at radius 2 is 2.03 bits per heavy atom. The summed E-state index contributed by atoms with van der Waals surface area (Å²) in [6, 6.07) is 9.23. The molecular formula is C23H25N3O3. The summed E-state index contributed by atoms with van der Waals surface area (Å²) >= 11 is 0. The number of ether oxygens (including phenoxy) is 1. The Hall–Kier alpha value is -3.28. The second-order valence-corrected chi connectivity index (χ2v) is 7.38. The monoisotopic (exact) mass is 391 g/mol. The second-order valence-electron chi connectivity index (χ2n) is 7.38. The number of aromatic amines is 1. The smallest absolute Gasteiger partial charge is 0.258 e. The van der Waals surface area contributed by atoms with Gasteiger partial charge in [-0.15, -0.1) is 0 Å². The largest absolute Gasteiger partial charge is 0.507 e. The van der Waals surface area contributed by atoms with Crippen LogP contribution in [-0.4, -0.2) is 32.7 Å². The van der Waals surface area contributed by atoms with Crippen molar-refractivity contribution in [1.29, 1.82) is 0 Å². The van der Waals surface area contributed by atoms with Crippen LogP contribution < -0.4 is 4.74 Å². The molecule has 0 saturated carbocycles. The molecule has 4 rings (SSSR count). The second kappa shape index (κ2) is 7.62. The summed E-state index contributed by atoms with van der Waals surface area (Å²) in [7, 11) is 0. The lowest BCUT2D eigenvalue weighted by atomic mass is 10.0. The molecule has 2 heterocycles. The molecule has 0 saturated heterocycles. The number of carbonyl (C=O) groups is 1. The van der Waals surface area contributed by atoms with Gasteiger partial charge in [-0.1, -0.05) is 26.5 Å². The van der Waals surface area contributed by atoms with Gasteiger partial charge in [-0.25, -0.2) is 0 Å². The first-order valence-electron chi connectivity index (χ1n) is 9.94. The van der Waals surface area contributed by atoms with Gasteiger partial charge in [0.05, 0.1) is 23.4 Å². The van der Waals surface area contributed by atoms with E-state index in [0.717, 1.165) is 46.4 Å². The van der Waals surface area contributed by atoms with Crippen LogP contribution in [0, 0.1) is 0 Å². The summed E-state index contributed by atoms with van der Waals surface area (Å²) < 4.78 is 5.70. The molecule has 1 aliphatic rings. The molecule has 6 nitrogen and oxygen atoms in total. The Morgan fingerprint density at radius 1 is 1.24 bits per heavy atom. The molecule has 2 aromatic carbocycles. The Labute approximate surface area is 169 Å². The van der Waals surface area contributed by atoms with Crippen LogP contribution in [0.2, 0.25) is 0 Å². The summed E-state index contributed by atoms with van der Waals surface area (Å²) in [5, 5.41) is 18.5. The van der Waals surface area contributed by atoms with E-state index < -0.39 is 0 Å². The van der Waals surface area contributed by atoms with Gasteiger partial charge in [0.1, 0.15) is 11.5 Å². The number of benzene rings is 2. The third-order valence-corrected chi connectivity index (χ3v) is 5.33. The van der Waals surface area contributed by atoms with Gasteiger partial charge in [0.2, 0.25) is 0 Å². The molecule has 1 aromatic heterocycles. The Morgan fingerprint density at radius 3 is 2.79 bits per heavy atom. The minimum atomic E-state index is -0.203. The maximum atomic E-state index is 13.2. The number of carbonyl (C=O) groups excluding carboxylic acids is 1. The average molecular weight is 391 g/mol. The van der Waals surface area contributed by atoms with Gasteiger partial charge in [-0.3, -0.25) is 9.89 Å². The standard InChI is InChI=1S/C23H25N3O3/c1-4-8-29-17-7-6-15-12-26(13-16(15)9-17)23(28)19-10-18-20(11-21(19)27)24-25-22(18)14(3)5-2/h6-7,9-11,27H,3-5,8,12-13H2,1-2H3,(H,24,25). The molecule has 0 atom stereocenters. The summed E-state index contributed by atoms with van der Waals surface area (Å²) in [5.41, 5.74) is 4.76. The highest BCUT2D eigenvalue weighted by Gasteiger charge is 2.27. The molecule has 0 radical (unpaired) electrons. The van der Waals surface area contributed by atoms with Crippen LogP contribution in [0.1, 0.15) is 53.9 Å². The normalized spacial score (nSPS) is 13.0. The number of rotatable bonds is 6. The molecule has 29 heavy (non-hydrogen) atoms. The number of phenols is 1. The fraction of sp³-hybridized carbons (Fsp3) is 0.304. The van der Waals surface area contributed by atoms with Crippen molar-refractivity contribution in [3.8, 4) is 11.5 Å². The molecule has 150 valence electrons. The van der Waals surface area contributed by atoms with Gasteiger partial charge in [0.25, 0.3) is 5.91 Å². The number of H-pyrrole nitrogens is 1. The number of hydrogen-bond donors (Lipinski definition) is 2. The first-order chi connectivity index (χ1) is 14.0. The van der Waals surface area contributed by atoms with E-state index in [1.54, 1.807) is 17.0 Å². The van der Waals surface area contributed by atoms with Gasteiger partial charge >= 0.3 is 0 Å². The third kappa shape index (κ3) is 3.46. The van der Waals surface area contributed by atoms with Crippen molar-refractivity contribution >= 4 is 22.4 Å². The Bertz CT molecular complexity index is 1100. The highest BCUT2D eigenvalue weighted by atomic mass is 16.5. The predicted octanol–water partition coefficient (Wildman–Crippen LogP) is 4.64.